The summed E-state index contributed by atoms with van der Waals surface area (Å²) < 4.78 is 23.7. The summed E-state index contributed by atoms with van der Waals surface area (Å²) in [6.45, 7) is 5.51. The Morgan fingerprint density at radius 2 is 1.78 bits per heavy atom. The van der Waals surface area contributed by atoms with Crippen LogP contribution in [0.1, 0.15) is 43.0 Å². The average molecular weight is 646 g/mol. The van der Waals surface area contributed by atoms with Crippen LogP contribution in [0.5, 0.6) is 23.0 Å². The monoisotopic (exact) mass is 645 g/mol. The molecule has 2 aliphatic heterocycles. The molecule has 1 fully saturated rings. The van der Waals surface area contributed by atoms with E-state index >= 15 is 0 Å². The first kappa shape index (κ1) is 30.5. The van der Waals surface area contributed by atoms with Crippen molar-refractivity contribution in [3.8, 4) is 23.0 Å². The zero-order valence-corrected chi connectivity index (χ0v) is 26.4. The molecule has 1 N–H and O–H groups in total. The second-order valence-electron chi connectivity index (χ2n) is 10.1. The standard InChI is InChI=1S/C33H31N3O7S2/c1-3-14-41-23-12-10-21(17-25(23)40-4-2)28-27(29(37)22-11-13-24-26(18-22)43-16-15-42-24)30(38)31(39)36(28)32-34-35-33(45-32)44-19-20-8-6-5-7-9-20/h5-13,17-18,28,37H,3-4,14-16,19H2,1-2H3/b29-27+. The number of thioether (sulfide) groups is 1. The molecule has 2 aliphatic rings. The highest BCUT2D eigenvalue weighted by Crippen LogP contribution is 2.46. The maximum Gasteiger partial charge on any atom is 0.301 e. The molecule has 12 heteroatoms. The van der Waals surface area contributed by atoms with Crippen molar-refractivity contribution in [1.82, 2.24) is 10.2 Å². The van der Waals surface area contributed by atoms with E-state index in [9.17, 15) is 14.7 Å². The number of ether oxygens (including phenoxy) is 4. The molecule has 1 unspecified atom stereocenters. The van der Waals surface area contributed by atoms with Gasteiger partial charge in [-0.15, -0.1) is 10.2 Å². The molecule has 1 atom stereocenters. The molecular formula is C33H31N3O7S2. The van der Waals surface area contributed by atoms with Gasteiger partial charge >= 0.3 is 5.91 Å². The van der Waals surface area contributed by atoms with Crippen LogP contribution in [0, 0.1) is 0 Å². The van der Waals surface area contributed by atoms with Gasteiger partial charge in [0.2, 0.25) is 5.13 Å². The summed E-state index contributed by atoms with van der Waals surface area (Å²) in [5.41, 5.74) is 1.88. The van der Waals surface area contributed by atoms with E-state index in [1.807, 2.05) is 44.2 Å². The molecule has 1 aromatic heterocycles. The predicted molar refractivity (Wildman–Crippen MR) is 172 cm³/mol. The van der Waals surface area contributed by atoms with Crippen LogP contribution >= 0.6 is 23.1 Å². The third-order valence-electron chi connectivity index (χ3n) is 7.11. The van der Waals surface area contributed by atoms with E-state index in [1.54, 1.807) is 36.4 Å². The molecular weight excluding hydrogens is 615 g/mol. The topological polar surface area (TPSA) is 120 Å². The highest BCUT2D eigenvalue weighted by atomic mass is 32.2. The van der Waals surface area contributed by atoms with Crippen LogP contribution in [0.4, 0.5) is 5.13 Å². The molecule has 4 aromatic rings. The van der Waals surface area contributed by atoms with Crippen LogP contribution in [0.15, 0.2) is 76.6 Å². The Balaban J connectivity index is 1.43. The minimum absolute atomic E-state index is 0.0879. The van der Waals surface area contributed by atoms with E-state index in [-0.39, 0.29) is 16.5 Å². The molecule has 0 aliphatic carbocycles. The van der Waals surface area contributed by atoms with E-state index in [1.165, 1.54) is 28.0 Å². The van der Waals surface area contributed by atoms with Crippen LogP contribution < -0.4 is 23.8 Å². The van der Waals surface area contributed by atoms with Crippen molar-refractivity contribution < 1.29 is 33.6 Å². The van der Waals surface area contributed by atoms with Crippen molar-refractivity contribution in [1.29, 1.82) is 0 Å². The van der Waals surface area contributed by atoms with E-state index in [2.05, 4.69) is 10.2 Å². The van der Waals surface area contributed by atoms with Gasteiger partial charge in [-0.3, -0.25) is 14.5 Å². The zero-order chi connectivity index (χ0) is 31.3. The number of carbonyl (C=O) groups is 2. The van der Waals surface area contributed by atoms with E-state index in [0.717, 1.165) is 12.0 Å². The number of aliphatic hydroxyl groups is 1. The number of fused-ring (bicyclic) bond motifs is 1. The van der Waals surface area contributed by atoms with Gasteiger partial charge in [0, 0.05) is 11.3 Å². The van der Waals surface area contributed by atoms with Gasteiger partial charge in [0.05, 0.1) is 24.8 Å². The van der Waals surface area contributed by atoms with E-state index < -0.39 is 17.7 Å². The summed E-state index contributed by atoms with van der Waals surface area (Å²) in [6, 6.07) is 19.1. The number of hydrogen-bond acceptors (Lipinski definition) is 11. The third-order valence-corrected chi connectivity index (χ3v) is 9.24. The minimum Gasteiger partial charge on any atom is -0.507 e. The zero-order valence-electron chi connectivity index (χ0n) is 24.7. The Labute approximate surface area is 268 Å². The number of nitrogens with zero attached hydrogens (tertiary/aromatic N) is 3. The fourth-order valence-electron chi connectivity index (χ4n) is 5.06. The van der Waals surface area contributed by atoms with E-state index in [0.29, 0.717) is 70.6 Å². The van der Waals surface area contributed by atoms with Crippen LogP contribution in [0.2, 0.25) is 0 Å². The lowest BCUT2D eigenvalue weighted by Crippen LogP contribution is -2.29. The second kappa shape index (κ2) is 13.6. The highest BCUT2D eigenvalue weighted by molar-refractivity contribution is 8.00. The Hall–Kier alpha value is -4.55. The van der Waals surface area contributed by atoms with Crippen molar-refractivity contribution in [2.75, 3.05) is 31.3 Å². The maximum absolute atomic E-state index is 13.7. The second-order valence-corrected chi connectivity index (χ2v) is 12.3. The lowest BCUT2D eigenvalue weighted by Gasteiger charge is -2.24. The van der Waals surface area contributed by atoms with Gasteiger partial charge in [-0.2, -0.15) is 0 Å². The highest BCUT2D eigenvalue weighted by Gasteiger charge is 2.48. The number of aromatic nitrogens is 2. The largest absolute Gasteiger partial charge is 0.507 e. The summed E-state index contributed by atoms with van der Waals surface area (Å²) in [7, 11) is 0. The van der Waals surface area contributed by atoms with Gasteiger partial charge in [-0.05, 0) is 54.8 Å². The van der Waals surface area contributed by atoms with Gasteiger partial charge in [0.15, 0.2) is 27.3 Å². The van der Waals surface area contributed by atoms with Crippen LogP contribution in [0.3, 0.4) is 0 Å². The Bertz CT molecular complexity index is 1740. The van der Waals surface area contributed by atoms with Crippen LogP contribution in [0.25, 0.3) is 5.76 Å². The van der Waals surface area contributed by atoms with Crippen LogP contribution in [-0.4, -0.2) is 53.4 Å². The SMILES string of the molecule is CCCOc1ccc(C2/C(=C(\O)c3ccc4c(c3)OCCO4)C(=O)C(=O)N2c2nnc(SCc3ccccc3)s2)cc1OCC. The molecule has 3 heterocycles. The summed E-state index contributed by atoms with van der Waals surface area (Å²) in [6.07, 6.45) is 0.810. The molecule has 0 radical (unpaired) electrons. The van der Waals surface area contributed by atoms with Crippen molar-refractivity contribution in [3.63, 3.8) is 0 Å². The fourth-order valence-corrected chi connectivity index (χ4v) is 6.89. The molecule has 1 saturated heterocycles. The number of ketones is 1. The van der Waals surface area contributed by atoms with Gasteiger partial charge in [0.1, 0.15) is 19.0 Å². The number of carbonyl (C=O) groups excluding carboxylic acids is 2. The Morgan fingerprint density at radius 1 is 0.978 bits per heavy atom. The molecule has 3 aromatic carbocycles. The summed E-state index contributed by atoms with van der Waals surface area (Å²) in [4.78, 5) is 28.8. The quantitative estimate of drug-likeness (QED) is 0.0644. The van der Waals surface area contributed by atoms with Gasteiger partial charge in [0.25, 0.3) is 5.78 Å². The first-order valence-electron chi connectivity index (χ1n) is 14.6. The summed E-state index contributed by atoms with van der Waals surface area (Å²) >= 11 is 2.69. The predicted octanol–water partition coefficient (Wildman–Crippen LogP) is 6.42. The number of Topliss-reactive ketones (excluding diaryl/α,β-unsaturated/α-hetero) is 1. The number of hydrogen-bond donors (Lipinski definition) is 1. The molecule has 45 heavy (non-hydrogen) atoms. The van der Waals surface area contributed by atoms with Gasteiger partial charge in [-0.1, -0.05) is 66.4 Å². The number of anilines is 1. The Morgan fingerprint density at radius 3 is 2.56 bits per heavy atom. The molecule has 6 rings (SSSR count). The summed E-state index contributed by atoms with van der Waals surface area (Å²) in [5.74, 6) is 0.643. The van der Waals surface area contributed by atoms with Crippen molar-refractivity contribution in [2.45, 2.75) is 36.4 Å². The molecule has 0 saturated carbocycles. The minimum atomic E-state index is -1.02. The molecule has 10 nitrogen and oxygen atoms in total. The molecule has 232 valence electrons. The van der Waals surface area contributed by atoms with Crippen LogP contribution in [-0.2, 0) is 15.3 Å². The van der Waals surface area contributed by atoms with Crippen molar-refractivity contribution >= 4 is 45.7 Å². The number of rotatable bonds is 11. The summed E-state index contributed by atoms with van der Waals surface area (Å²) in [5, 5.41) is 20.5. The first-order chi connectivity index (χ1) is 22.0. The fraction of sp³-hybridized carbons (Fsp3) is 0.273. The number of amides is 1. The van der Waals surface area contributed by atoms with Gasteiger partial charge in [-0.25, -0.2) is 0 Å². The smallest absolute Gasteiger partial charge is 0.301 e. The molecule has 0 spiro atoms. The van der Waals surface area contributed by atoms with Gasteiger partial charge < -0.3 is 24.1 Å². The van der Waals surface area contributed by atoms with Crippen molar-refractivity contribution in [2.24, 2.45) is 0 Å². The Kier molecular flexibility index (Phi) is 9.22. The van der Waals surface area contributed by atoms with Crippen molar-refractivity contribution in [3.05, 3.63) is 89.0 Å². The lowest BCUT2D eigenvalue weighted by atomic mass is 9.95. The lowest BCUT2D eigenvalue weighted by molar-refractivity contribution is -0.132. The molecule has 0 bridgehead atoms. The molecule has 1 amide bonds. The normalized spacial score (nSPS) is 17.0. The number of aliphatic hydroxyl groups excluding tert-OH is 1. The third kappa shape index (κ3) is 6.34. The van der Waals surface area contributed by atoms with E-state index in [4.69, 9.17) is 18.9 Å². The average Bonchev–Trinajstić information content (AvgIpc) is 3.64. The maximum atomic E-state index is 13.7. The number of benzene rings is 3. The first-order valence-corrected chi connectivity index (χ1v) is 16.4.